The number of halogens is 2. The van der Waals surface area contributed by atoms with Gasteiger partial charge in [0.25, 0.3) is 5.91 Å². The third kappa shape index (κ3) is 4.97. The molecule has 0 bridgehead atoms. The molecule has 1 atom stereocenters. The Labute approximate surface area is 179 Å². The molecule has 0 saturated carbocycles. The van der Waals surface area contributed by atoms with Crippen molar-refractivity contribution in [2.24, 2.45) is 5.16 Å². The van der Waals surface area contributed by atoms with Crippen molar-refractivity contribution < 1.29 is 18.4 Å². The molecule has 1 aliphatic heterocycles. The molecule has 1 aliphatic rings. The summed E-state index contributed by atoms with van der Waals surface area (Å²) in [6, 6.07) is 19.8. The van der Waals surface area contributed by atoms with E-state index in [1.165, 1.54) is 35.2 Å². The van der Waals surface area contributed by atoms with Gasteiger partial charge in [-0.3, -0.25) is 4.79 Å². The third-order valence-electron chi connectivity index (χ3n) is 5.22. The van der Waals surface area contributed by atoms with Crippen LogP contribution in [0.3, 0.4) is 0 Å². The van der Waals surface area contributed by atoms with E-state index in [1.807, 2.05) is 31.2 Å². The smallest absolute Gasteiger partial charge is 0.257 e. The first-order chi connectivity index (χ1) is 15.0. The van der Waals surface area contributed by atoms with E-state index in [0.29, 0.717) is 6.42 Å². The molecular weight excluding hydrogens is 398 g/mol. The number of rotatable bonds is 6. The van der Waals surface area contributed by atoms with Crippen LogP contribution in [0.1, 0.15) is 33.5 Å². The molecule has 0 fully saturated rings. The third-order valence-corrected chi connectivity index (χ3v) is 5.22. The van der Waals surface area contributed by atoms with Crippen LogP contribution in [0.4, 0.5) is 8.78 Å². The highest BCUT2D eigenvalue weighted by Gasteiger charge is 2.28. The van der Waals surface area contributed by atoms with Crippen LogP contribution in [0, 0.1) is 18.6 Å². The first-order valence-electron chi connectivity index (χ1n) is 10.1. The normalized spacial score (nSPS) is 15.3. The summed E-state index contributed by atoms with van der Waals surface area (Å²) in [6.45, 7) is 2.44. The van der Waals surface area contributed by atoms with Gasteiger partial charge in [0.2, 0.25) is 0 Å². The number of carbonyl (C=O) groups is 1. The van der Waals surface area contributed by atoms with Gasteiger partial charge in [-0.1, -0.05) is 59.3 Å². The monoisotopic (exact) mass is 420 g/mol. The van der Waals surface area contributed by atoms with E-state index in [1.54, 1.807) is 18.2 Å². The highest BCUT2D eigenvalue weighted by molar-refractivity contribution is 6.01. The Morgan fingerprint density at radius 1 is 1.03 bits per heavy atom. The zero-order chi connectivity index (χ0) is 21.8. The van der Waals surface area contributed by atoms with Gasteiger partial charge in [-0.05, 0) is 42.3 Å². The summed E-state index contributed by atoms with van der Waals surface area (Å²) in [5.41, 5.74) is 3.66. The molecule has 1 heterocycles. The Bertz CT molecular complexity index is 1100. The summed E-state index contributed by atoms with van der Waals surface area (Å²) in [5, 5.41) is 4.19. The van der Waals surface area contributed by atoms with Crippen molar-refractivity contribution in [2.45, 2.75) is 26.0 Å². The van der Waals surface area contributed by atoms with Gasteiger partial charge in [0.15, 0.2) is 6.10 Å². The van der Waals surface area contributed by atoms with Gasteiger partial charge < -0.3 is 9.74 Å². The topological polar surface area (TPSA) is 41.9 Å². The summed E-state index contributed by atoms with van der Waals surface area (Å²) in [4.78, 5) is 20.2. The van der Waals surface area contributed by atoms with Gasteiger partial charge in [0, 0.05) is 13.0 Å². The van der Waals surface area contributed by atoms with Crippen molar-refractivity contribution in [1.82, 2.24) is 4.90 Å². The summed E-state index contributed by atoms with van der Waals surface area (Å²) in [6.07, 6.45) is 0.181. The number of oxime groups is 1. The molecule has 0 N–H and O–H groups in total. The Balaban J connectivity index is 1.52. The van der Waals surface area contributed by atoms with E-state index in [-0.39, 0.29) is 30.6 Å². The summed E-state index contributed by atoms with van der Waals surface area (Å²) >= 11 is 0. The van der Waals surface area contributed by atoms with Crippen LogP contribution in [0.2, 0.25) is 0 Å². The van der Waals surface area contributed by atoms with Crippen LogP contribution in [-0.4, -0.2) is 29.2 Å². The van der Waals surface area contributed by atoms with Gasteiger partial charge in [-0.15, -0.1) is 0 Å². The fraction of sp³-hybridized carbons (Fsp3) is 0.200. The highest BCUT2D eigenvalue weighted by atomic mass is 19.1. The number of amides is 1. The standard InChI is InChI=1S/C25H22F2N2O2/c1-17-6-10-19(11-7-17)24-14-21(31-28-24)16-29(15-18-8-12-20(26)13-9-18)25(30)22-4-2-3-5-23(22)27/h2-13,21H,14-16H2,1H3/t21-/m0/s1. The molecule has 1 amide bonds. The minimum Gasteiger partial charge on any atom is -0.390 e. The average molecular weight is 420 g/mol. The molecule has 0 aliphatic carbocycles. The second kappa shape index (κ2) is 9.08. The lowest BCUT2D eigenvalue weighted by molar-refractivity contribution is 0.0402. The van der Waals surface area contributed by atoms with Crippen molar-refractivity contribution in [2.75, 3.05) is 6.54 Å². The van der Waals surface area contributed by atoms with Crippen LogP contribution in [0.5, 0.6) is 0 Å². The Morgan fingerprint density at radius 3 is 2.45 bits per heavy atom. The fourth-order valence-electron chi connectivity index (χ4n) is 3.52. The van der Waals surface area contributed by atoms with Crippen molar-refractivity contribution in [3.63, 3.8) is 0 Å². The molecule has 0 spiro atoms. The summed E-state index contributed by atoms with van der Waals surface area (Å²) < 4.78 is 27.6. The van der Waals surface area contributed by atoms with Crippen molar-refractivity contribution >= 4 is 11.6 Å². The maximum absolute atomic E-state index is 14.3. The highest BCUT2D eigenvalue weighted by Crippen LogP contribution is 2.21. The van der Waals surface area contributed by atoms with Gasteiger partial charge in [0.05, 0.1) is 17.8 Å². The zero-order valence-electron chi connectivity index (χ0n) is 17.1. The van der Waals surface area contributed by atoms with Gasteiger partial charge >= 0.3 is 0 Å². The predicted octanol–water partition coefficient (Wildman–Crippen LogP) is 5.11. The molecule has 4 rings (SSSR count). The Kier molecular flexibility index (Phi) is 6.07. The fourth-order valence-corrected chi connectivity index (χ4v) is 3.52. The van der Waals surface area contributed by atoms with Crippen molar-refractivity contribution in [3.8, 4) is 0 Å². The van der Waals surface area contributed by atoms with Crippen LogP contribution in [0.15, 0.2) is 78.0 Å². The van der Waals surface area contributed by atoms with Gasteiger partial charge in [-0.2, -0.15) is 0 Å². The molecule has 3 aromatic rings. The number of aryl methyl sites for hydroxylation is 1. The number of benzene rings is 3. The van der Waals surface area contributed by atoms with Crippen LogP contribution in [0.25, 0.3) is 0 Å². The SMILES string of the molecule is Cc1ccc(C2=NO[C@H](CN(Cc3ccc(F)cc3)C(=O)c3ccccc3F)C2)cc1. The number of hydrogen-bond donors (Lipinski definition) is 0. The molecule has 0 saturated heterocycles. The minimum atomic E-state index is -0.583. The van der Waals surface area contributed by atoms with Crippen molar-refractivity contribution in [3.05, 3.63) is 107 Å². The van der Waals surface area contributed by atoms with Crippen molar-refractivity contribution in [1.29, 1.82) is 0 Å². The second-order valence-electron chi connectivity index (χ2n) is 7.63. The number of hydrogen-bond acceptors (Lipinski definition) is 3. The summed E-state index contributed by atoms with van der Waals surface area (Å²) in [7, 11) is 0. The zero-order valence-corrected chi connectivity index (χ0v) is 17.1. The Morgan fingerprint density at radius 2 is 1.74 bits per heavy atom. The van der Waals surface area contributed by atoms with E-state index in [9.17, 15) is 13.6 Å². The second-order valence-corrected chi connectivity index (χ2v) is 7.63. The van der Waals surface area contributed by atoms with Gasteiger partial charge in [-0.25, -0.2) is 8.78 Å². The summed E-state index contributed by atoms with van der Waals surface area (Å²) in [5.74, 6) is -1.39. The Hall–Kier alpha value is -3.54. The lowest BCUT2D eigenvalue weighted by Crippen LogP contribution is -2.37. The molecule has 0 aromatic heterocycles. The van der Waals surface area contributed by atoms with Gasteiger partial charge in [0.1, 0.15) is 11.6 Å². The maximum Gasteiger partial charge on any atom is 0.257 e. The van der Waals surface area contributed by atoms with E-state index in [2.05, 4.69) is 5.16 Å². The number of nitrogens with zero attached hydrogens (tertiary/aromatic N) is 2. The molecular formula is C25H22F2N2O2. The minimum absolute atomic E-state index is 0.0118. The average Bonchev–Trinajstić information content (AvgIpc) is 3.24. The largest absolute Gasteiger partial charge is 0.390 e. The molecule has 3 aromatic carbocycles. The lowest BCUT2D eigenvalue weighted by Gasteiger charge is -2.25. The molecule has 0 radical (unpaired) electrons. The molecule has 0 unspecified atom stereocenters. The predicted molar refractivity (Wildman–Crippen MR) is 115 cm³/mol. The maximum atomic E-state index is 14.3. The van der Waals surface area contributed by atoms with E-state index in [0.717, 1.165) is 22.4 Å². The van der Waals surface area contributed by atoms with E-state index < -0.39 is 11.7 Å². The van der Waals surface area contributed by atoms with Crippen LogP contribution in [-0.2, 0) is 11.4 Å². The first-order valence-corrected chi connectivity index (χ1v) is 10.1. The first kappa shape index (κ1) is 20.7. The molecule has 158 valence electrons. The molecule has 31 heavy (non-hydrogen) atoms. The lowest BCUT2D eigenvalue weighted by atomic mass is 10.0. The van der Waals surface area contributed by atoms with Crippen LogP contribution < -0.4 is 0 Å². The molecule has 4 nitrogen and oxygen atoms in total. The van der Waals surface area contributed by atoms with E-state index in [4.69, 9.17) is 4.84 Å². The van der Waals surface area contributed by atoms with Crippen LogP contribution >= 0.6 is 0 Å². The number of carbonyl (C=O) groups excluding carboxylic acids is 1. The quantitative estimate of drug-likeness (QED) is 0.556. The van der Waals surface area contributed by atoms with E-state index >= 15 is 0 Å². The molecule has 6 heteroatoms.